The maximum absolute atomic E-state index is 13.6. The molecule has 0 atom stereocenters. The molecule has 0 saturated carbocycles. The molecular formula is C28H22N4O. The van der Waals surface area contributed by atoms with Crippen LogP contribution in [0.15, 0.2) is 91.1 Å². The summed E-state index contributed by atoms with van der Waals surface area (Å²) in [6.45, 7) is 0.589. The van der Waals surface area contributed by atoms with Crippen molar-refractivity contribution in [2.24, 2.45) is 0 Å². The minimum Gasteiger partial charge on any atom is -0.355 e. The van der Waals surface area contributed by atoms with Gasteiger partial charge in [0.2, 0.25) is 5.78 Å². The molecule has 0 saturated heterocycles. The predicted octanol–water partition coefficient (Wildman–Crippen LogP) is 5.55. The van der Waals surface area contributed by atoms with Crippen molar-refractivity contribution in [2.75, 3.05) is 5.32 Å². The Morgan fingerprint density at radius 3 is 2.39 bits per heavy atom. The maximum atomic E-state index is 13.6. The number of pyridine rings is 1. The molecule has 0 fully saturated rings. The fraction of sp³-hybridized carbons (Fsp3) is 0.107. The zero-order valence-electron chi connectivity index (χ0n) is 18.0. The van der Waals surface area contributed by atoms with Gasteiger partial charge in [0.1, 0.15) is 5.69 Å². The van der Waals surface area contributed by atoms with E-state index in [-0.39, 0.29) is 5.78 Å². The molecular weight excluding hydrogens is 408 g/mol. The molecule has 2 aromatic heterocycles. The third-order valence-corrected chi connectivity index (χ3v) is 6.23. The van der Waals surface area contributed by atoms with Crippen molar-refractivity contribution in [2.45, 2.75) is 19.4 Å². The Balaban J connectivity index is 1.56. The van der Waals surface area contributed by atoms with Gasteiger partial charge >= 0.3 is 0 Å². The second-order valence-electron chi connectivity index (χ2n) is 8.32. The highest BCUT2D eigenvalue weighted by Crippen LogP contribution is 2.35. The molecule has 3 aromatic carbocycles. The molecule has 0 amide bonds. The molecule has 0 spiro atoms. The smallest absolute Gasteiger partial charge is 0.212 e. The largest absolute Gasteiger partial charge is 0.355 e. The number of nitrogens with one attached hydrogen (secondary N) is 1. The van der Waals surface area contributed by atoms with E-state index >= 15 is 0 Å². The quantitative estimate of drug-likeness (QED) is 0.406. The van der Waals surface area contributed by atoms with E-state index < -0.39 is 0 Å². The summed E-state index contributed by atoms with van der Waals surface area (Å²) in [5.74, 6) is -0.0245. The van der Waals surface area contributed by atoms with E-state index in [1.807, 2.05) is 83.7 Å². The minimum atomic E-state index is -0.0245. The number of nitrogens with zero attached hydrogens (tertiary/aromatic N) is 3. The van der Waals surface area contributed by atoms with E-state index in [9.17, 15) is 4.79 Å². The van der Waals surface area contributed by atoms with Crippen LogP contribution in [0.4, 0.5) is 11.4 Å². The molecule has 0 radical (unpaired) electrons. The summed E-state index contributed by atoms with van der Waals surface area (Å²) in [6, 6.07) is 28.1. The normalized spacial score (nSPS) is 12.8. The topological polar surface area (TPSA) is 59.8 Å². The van der Waals surface area contributed by atoms with Crippen LogP contribution in [0.25, 0.3) is 11.0 Å². The zero-order chi connectivity index (χ0) is 22.2. The highest BCUT2D eigenvalue weighted by Gasteiger charge is 2.27. The molecule has 5 nitrogen and oxygen atoms in total. The van der Waals surface area contributed by atoms with Crippen molar-refractivity contribution in [3.05, 3.63) is 119 Å². The fourth-order valence-electron chi connectivity index (χ4n) is 4.59. The van der Waals surface area contributed by atoms with Crippen molar-refractivity contribution >= 4 is 28.2 Å². The van der Waals surface area contributed by atoms with Gasteiger partial charge in [-0.3, -0.25) is 4.79 Å². The Morgan fingerprint density at radius 2 is 1.58 bits per heavy atom. The molecule has 0 aliphatic heterocycles. The lowest BCUT2D eigenvalue weighted by atomic mass is 10.0. The molecule has 5 heteroatoms. The number of carbonyl (C=O) groups is 1. The molecule has 0 unspecified atom stereocenters. The van der Waals surface area contributed by atoms with Gasteiger partial charge in [-0.25, -0.2) is 9.67 Å². The number of hydrogen-bond donors (Lipinski definition) is 1. The van der Waals surface area contributed by atoms with Crippen LogP contribution in [0, 0.1) is 0 Å². The van der Waals surface area contributed by atoms with E-state index in [1.54, 1.807) is 0 Å². The van der Waals surface area contributed by atoms with Gasteiger partial charge in [0.15, 0.2) is 5.65 Å². The highest BCUT2D eigenvalue weighted by atomic mass is 16.1. The number of aryl methyl sites for hydroxylation is 1. The minimum absolute atomic E-state index is 0.0245. The summed E-state index contributed by atoms with van der Waals surface area (Å²) in [4.78, 5) is 18.6. The molecule has 5 aromatic rings. The number of benzene rings is 3. The second kappa shape index (κ2) is 8.02. The monoisotopic (exact) mass is 430 g/mol. The average Bonchev–Trinajstić information content (AvgIpc) is 3.20. The lowest BCUT2D eigenvalue weighted by Gasteiger charge is -2.15. The lowest BCUT2D eigenvalue weighted by molar-refractivity contribution is 0.103. The van der Waals surface area contributed by atoms with Crippen LogP contribution in [-0.2, 0) is 19.4 Å². The number of hydrogen-bond acceptors (Lipinski definition) is 4. The van der Waals surface area contributed by atoms with Gasteiger partial charge in [0, 0.05) is 16.8 Å². The summed E-state index contributed by atoms with van der Waals surface area (Å²) >= 11 is 0. The van der Waals surface area contributed by atoms with Crippen molar-refractivity contribution in [1.29, 1.82) is 0 Å². The number of anilines is 2. The van der Waals surface area contributed by atoms with Crippen molar-refractivity contribution in [1.82, 2.24) is 14.8 Å². The van der Waals surface area contributed by atoms with E-state index in [0.29, 0.717) is 17.9 Å². The van der Waals surface area contributed by atoms with E-state index in [2.05, 4.69) is 22.5 Å². The van der Waals surface area contributed by atoms with E-state index in [4.69, 9.17) is 4.98 Å². The second-order valence-corrected chi connectivity index (χ2v) is 8.32. The molecule has 1 aliphatic carbocycles. The van der Waals surface area contributed by atoms with Gasteiger partial charge in [-0.05, 0) is 36.1 Å². The van der Waals surface area contributed by atoms with Crippen LogP contribution in [0.1, 0.15) is 32.7 Å². The Kier molecular flexibility index (Phi) is 4.73. The summed E-state index contributed by atoms with van der Waals surface area (Å²) < 4.78 is 1.88. The van der Waals surface area contributed by atoms with Gasteiger partial charge in [0.25, 0.3) is 0 Å². The number of fused-ring (bicyclic) bond motifs is 3. The molecule has 160 valence electrons. The summed E-state index contributed by atoms with van der Waals surface area (Å²) in [6.07, 6.45) is 3.39. The summed E-state index contributed by atoms with van der Waals surface area (Å²) in [7, 11) is 0. The number of rotatable bonds is 4. The van der Waals surface area contributed by atoms with Crippen molar-refractivity contribution in [3.63, 3.8) is 0 Å². The first-order valence-corrected chi connectivity index (χ1v) is 11.1. The van der Waals surface area contributed by atoms with E-state index in [1.165, 1.54) is 0 Å². The van der Waals surface area contributed by atoms with Crippen LogP contribution in [0.5, 0.6) is 0 Å². The first-order valence-electron chi connectivity index (χ1n) is 11.1. The molecule has 1 N–H and O–H groups in total. The van der Waals surface area contributed by atoms with Crippen LogP contribution >= 0.6 is 0 Å². The molecule has 0 bridgehead atoms. The van der Waals surface area contributed by atoms with Gasteiger partial charge in [-0.15, -0.1) is 0 Å². The molecule has 6 rings (SSSR count). The van der Waals surface area contributed by atoms with Crippen molar-refractivity contribution in [3.8, 4) is 0 Å². The fourth-order valence-corrected chi connectivity index (χ4v) is 4.59. The molecule has 1 aliphatic rings. The van der Waals surface area contributed by atoms with Crippen LogP contribution in [-0.4, -0.2) is 20.5 Å². The summed E-state index contributed by atoms with van der Waals surface area (Å²) in [5.41, 5.74) is 7.01. The number of ketones is 1. The van der Waals surface area contributed by atoms with E-state index in [0.717, 1.165) is 51.9 Å². The SMILES string of the molecule is O=C1c2ccccc2CCc2c1nc1c(cnn1Cc1ccccc1)c2Nc1ccccc1. The Hall–Kier alpha value is -4.25. The Labute approximate surface area is 191 Å². The average molecular weight is 431 g/mol. The maximum Gasteiger partial charge on any atom is 0.212 e. The van der Waals surface area contributed by atoms with Crippen LogP contribution in [0.3, 0.4) is 0 Å². The summed E-state index contributed by atoms with van der Waals surface area (Å²) in [5, 5.41) is 9.16. The van der Waals surface area contributed by atoms with Gasteiger partial charge < -0.3 is 5.32 Å². The predicted molar refractivity (Wildman–Crippen MR) is 130 cm³/mol. The highest BCUT2D eigenvalue weighted by molar-refractivity contribution is 6.13. The Bertz CT molecular complexity index is 1470. The molecule has 2 heterocycles. The number of para-hydroxylation sites is 1. The number of aromatic nitrogens is 3. The Morgan fingerprint density at radius 1 is 0.848 bits per heavy atom. The van der Waals surface area contributed by atoms with Crippen LogP contribution in [0.2, 0.25) is 0 Å². The zero-order valence-corrected chi connectivity index (χ0v) is 18.0. The van der Waals surface area contributed by atoms with Gasteiger partial charge in [0.05, 0.1) is 23.8 Å². The first-order chi connectivity index (χ1) is 16.3. The standard InChI is InChI=1S/C28H22N4O/c33-27-22-14-8-7-11-20(22)15-16-23-25(30-21-12-5-2-6-13-21)24-17-29-32(28(24)31-26(23)27)18-19-9-3-1-4-10-19/h1-14,17H,15-16,18H2,(H,30,31). The number of carbonyl (C=O) groups excluding carboxylic acids is 1. The van der Waals surface area contributed by atoms with Gasteiger partial charge in [-0.1, -0.05) is 72.8 Å². The van der Waals surface area contributed by atoms with Gasteiger partial charge in [-0.2, -0.15) is 5.10 Å². The van der Waals surface area contributed by atoms with Crippen LogP contribution < -0.4 is 5.32 Å². The lowest BCUT2D eigenvalue weighted by Crippen LogP contribution is -2.11. The molecule has 33 heavy (non-hydrogen) atoms. The third-order valence-electron chi connectivity index (χ3n) is 6.23. The first kappa shape index (κ1) is 19.4. The third kappa shape index (κ3) is 3.48. The van der Waals surface area contributed by atoms with Crippen molar-refractivity contribution < 1.29 is 4.79 Å².